The first-order valence-corrected chi connectivity index (χ1v) is 10.4. The van der Waals surface area contributed by atoms with Crippen LogP contribution >= 0.6 is 0 Å². The van der Waals surface area contributed by atoms with E-state index in [-0.39, 0.29) is 60.7 Å². The standard InChI is InChI=1S/C20H25F3N6O2/c1-3-24-19(26-9-13-10-28(2)27-16(13)20(21,22)23)25-6-7-29-17(30)14-11-4-5-12(8-11)15(14)18(29)31/h4-5,10-12,14-15H,3,6-9H2,1-2H3,(H2,24,25,26). The monoisotopic (exact) mass is 438 g/mol. The van der Waals surface area contributed by atoms with Crippen LogP contribution in [0.15, 0.2) is 23.3 Å². The van der Waals surface area contributed by atoms with E-state index in [9.17, 15) is 22.8 Å². The number of alkyl halides is 3. The molecule has 0 radical (unpaired) electrons. The van der Waals surface area contributed by atoms with Gasteiger partial charge in [0.25, 0.3) is 0 Å². The van der Waals surface area contributed by atoms with E-state index in [1.165, 1.54) is 18.1 Å². The van der Waals surface area contributed by atoms with Gasteiger partial charge in [-0.05, 0) is 25.2 Å². The Balaban J connectivity index is 1.37. The van der Waals surface area contributed by atoms with E-state index in [0.717, 1.165) is 11.1 Å². The molecule has 1 aliphatic heterocycles. The summed E-state index contributed by atoms with van der Waals surface area (Å²) in [6.07, 6.45) is 1.70. The molecule has 0 aromatic carbocycles. The van der Waals surface area contributed by atoms with Gasteiger partial charge in [-0.25, -0.2) is 4.99 Å². The number of fused-ring (bicyclic) bond motifs is 5. The van der Waals surface area contributed by atoms with Crippen molar-refractivity contribution in [3.8, 4) is 0 Å². The van der Waals surface area contributed by atoms with Gasteiger partial charge >= 0.3 is 6.18 Å². The van der Waals surface area contributed by atoms with E-state index in [4.69, 9.17) is 0 Å². The highest BCUT2D eigenvalue weighted by atomic mass is 19.4. The molecule has 0 spiro atoms. The van der Waals surface area contributed by atoms with E-state index in [2.05, 4.69) is 20.7 Å². The molecule has 8 nitrogen and oxygen atoms in total. The van der Waals surface area contributed by atoms with Gasteiger partial charge in [0, 0.05) is 38.4 Å². The molecule has 2 N–H and O–H groups in total. The van der Waals surface area contributed by atoms with Crippen LogP contribution in [0.2, 0.25) is 0 Å². The highest BCUT2D eigenvalue weighted by Crippen LogP contribution is 2.52. The zero-order chi connectivity index (χ0) is 22.3. The van der Waals surface area contributed by atoms with Crippen molar-refractivity contribution in [3.63, 3.8) is 0 Å². The summed E-state index contributed by atoms with van der Waals surface area (Å²) in [6, 6.07) is 0. The summed E-state index contributed by atoms with van der Waals surface area (Å²) in [7, 11) is 1.42. The SMILES string of the molecule is CCNC(=NCc1cn(C)nc1C(F)(F)F)NCCN1C(=O)C2C3C=CC(C3)C2C1=O. The Morgan fingerprint density at radius 3 is 2.42 bits per heavy atom. The number of carbonyl (C=O) groups excluding carboxylic acids is 2. The maximum atomic E-state index is 13.1. The Morgan fingerprint density at radius 1 is 1.19 bits per heavy atom. The number of hydrogen-bond acceptors (Lipinski definition) is 4. The molecule has 2 fully saturated rings. The number of carbonyl (C=O) groups is 2. The minimum Gasteiger partial charge on any atom is -0.357 e. The van der Waals surface area contributed by atoms with Gasteiger partial charge in [-0.3, -0.25) is 19.2 Å². The van der Waals surface area contributed by atoms with E-state index >= 15 is 0 Å². The van der Waals surface area contributed by atoms with Crippen LogP contribution in [0.1, 0.15) is 24.6 Å². The van der Waals surface area contributed by atoms with Gasteiger partial charge < -0.3 is 10.6 Å². The van der Waals surface area contributed by atoms with Gasteiger partial charge in [-0.15, -0.1) is 0 Å². The van der Waals surface area contributed by atoms with Crippen molar-refractivity contribution in [1.29, 1.82) is 0 Å². The third kappa shape index (κ3) is 3.92. The van der Waals surface area contributed by atoms with Crippen LogP contribution in [0.25, 0.3) is 0 Å². The second kappa shape index (κ2) is 8.01. The van der Waals surface area contributed by atoms with Crippen LogP contribution in [0, 0.1) is 23.7 Å². The molecule has 1 saturated carbocycles. The first-order valence-electron chi connectivity index (χ1n) is 10.4. The van der Waals surface area contributed by atoms with Crippen LogP contribution in [0.4, 0.5) is 13.2 Å². The fourth-order valence-corrected chi connectivity index (χ4v) is 4.87. The molecule has 2 amide bonds. The average Bonchev–Trinajstić information content (AvgIpc) is 3.45. The summed E-state index contributed by atoms with van der Waals surface area (Å²) >= 11 is 0. The van der Waals surface area contributed by atoms with Crippen molar-refractivity contribution in [3.05, 3.63) is 29.6 Å². The number of hydrogen-bond donors (Lipinski definition) is 2. The van der Waals surface area contributed by atoms with Gasteiger partial charge in [-0.1, -0.05) is 12.2 Å². The lowest BCUT2D eigenvalue weighted by Crippen LogP contribution is -2.43. The average molecular weight is 438 g/mol. The topological polar surface area (TPSA) is 91.6 Å². The molecule has 4 unspecified atom stereocenters. The zero-order valence-electron chi connectivity index (χ0n) is 17.3. The number of halogens is 3. The van der Waals surface area contributed by atoms with Crippen molar-refractivity contribution in [2.24, 2.45) is 35.7 Å². The molecule has 1 aromatic heterocycles. The zero-order valence-corrected chi connectivity index (χ0v) is 17.3. The Labute approximate surface area is 177 Å². The fraction of sp³-hybridized carbons (Fsp3) is 0.600. The largest absolute Gasteiger partial charge is 0.435 e. The molecule has 2 heterocycles. The normalized spacial score (nSPS) is 27.4. The molecule has 4 atom stereocenters. The number of aliphatic imine (C=N–C) groups is 1. The van der Waals surface area contributed by atoms with Gasteiger partial charge in [0.05, 0.1) is 18.4 Å². The van der Waals surface area contributed by atoms with Gasteiger partial charge in [0.2, 0.25) is 11.8 Å². The van der Waals surface area contributed by atoms with Crippen LogP contribution in [0.5, 0.6) is 0 Å². The van der Waals surface area contributed by atoms with E-state index in [1.54, 1.807) is 0 Å². The molecule has 11 heteroatoms. The number of nitrogens with one attached hydrogen (secondary N) is 2. The molecule has 2 aliphatic carbocycles. The van der Waals surface area contributed by atoms with Crippen molar-refractivity contribution in [2.45, 2.75) is 26.1 Å². The van der Waals surface area contributed by atoms with Gasteiger partial charge in [-0.2, -0.15) is 18.3 Å². The molecular formula is C20H25F3N6O2. The van der Waals surface area contributed by atoms with E-state index < -0.39 is 11.9 Å². The predicted octanol–water partition coefficient (Wildman–Crippen LogP) is 1.30. The van der Waals surface area contributed by atoms with E-state index in [1.807, 2.05) is 19.1 Å². The Kier molecular flexibility index (Phi) is 5.52. The van der Waals surface area contributed by atoms with Crippen LogP contribution in [-0.4, -0.2) is 52.1 Å². The number of aryl methyl sites for hydroxylation is 1. The number of guanidine groups is 1. The smallest absolute Gasteiger partial charge is 0.357 e. The second-order valence-electron chi connectivity index (χ2n) is 8.12. The van der Waals surface area contributed by atoms with Crippen molar-refractivity contribution in [1.82, 2.24) is 25.3 Å². The maximum Gasteiger partial charge on any atom is 0.435 e. The lowest BCUT2D eigenvalue weighted by atomic mass is 9.85. The number of nitrogens with zero attached hydrogens (tertiary/aromatic N) is 4. The molecule has 4 rings (SSSR count). The number of allylic oxidation sites excluding steroid dienone is 2. The minimum absolute atomic E-state index is 0.0344. The van der Waals surface area contributed by atoms with Crippen LogP contribution in [-0.2, 0) is 29.4 Å². The number of aromatic nitrogens is 2. The number of imide groups is 1. The maximum absolute atomic E-state index is 13.1. The molecule has 31 heavy (non-hydrogen) atoms. The Hall–Kier alpha value is -2.85. The lowest BCUT2D eigenvalue weighted by molar-refractivity contribution is -0.142. The summed E-state index contributed by atoms with van der Waals surface area (Å²) in [5.74, 6) is -0.107. The van der Waals surface area contributed by atoms with Crippen molar-refractivity contribution < 1.29 is 22.8 Å². The highest BCUT2D eigenvalue weighted by molar-refractivity contribution is 6.06. The summed E-state index contributed by atoms with van der Waals surface area (Å²) in [5.41, 5.74) is -0.995. The van der Waals surface area contributed by atoms with Crippen LogP contribution in [0.3, 0.4) is 0 Å². The van der Waals surface area contributed by atoms with E-state index in [0.29, 0.717) is 12.5 Å². The second-order valence-corrected chi connectivity index (χ2v) is 8.12. The first kappa shape index (κ1) is 21.4. The summed E-state index contributed by atoms with van der Waals surface area (Å²) < 4.78 is 40.4. The molecule has 168 valence electrons. The minimum atomic E-state index is -4.55. The Morgan fingerprint density at radius 2 is 1.84 bits per heavy atom. The van der Waals surface area contributed by atoms with Gasteiger partial charge in [0.1, 0.15) is 0 Å². The molecule has 1 saturated heterocycles. The number of amides is 2. The Bertz CT molecular complexity index is 908. The number of rotatable bonds is 6. The highest BCUT2D eigenvalue weighted by Gasteiger charge is 2.58. The van der Waals surface area contributed by atoms with Crippen molar-refractivity contribution >= 4 is 17.8 Å². The van der Waals surface area contributed by atoms with Crippen molar-refractivity contribution in [2.75, 3.05) is 19.6 Å². The summed E-state index contributed by atoms with van der Waals surface area (Å²) in [5, 5.41) is 9.43. The number of likely N-dealkylation sites (tertiary alicyclic amines) is 1. The first-order chi connectivity index (χ1) is 14.7. The van der Waals surface area contributed by atoms with Gasteiger partial charge in [0.15, 0.2) is 11.7 Å². The molecule has 3 aliphatic rings. The third-order valence-corrected chi connectivity index (χ3v) is 6.11. The third-order valence-electron chi connectivity index (χ3n) is 6.11. The predicted molar refractivity (Wildman–Crippen MR) is 105 cm³/mol. The quantitative estimate of drug-likeness (QED) is 0.302. The molecule has 1 aromatic rings. The summed E-state index contributed by atoms with van der Waals surface area (Å²) in [6.45, 7) is 2.57. The molecular weight excluding hydrogens is 413 g/mol. The molecule has 2 bridgehead atoms. The van der Waals surface area contributed by atoms with Crippen LogP contribution < -0.4 is 10.6 Å². The fourth-order valence-electron chi connectivity index (χ4n) is 4.87. The lowest BCUT2D eigenvalue weighted by Gasteiger charge is -2.18. The summed E-state index contributed by atoms with van der Waals surface area (Å²) in [4.78, 5) is 30.9.